The fourth-order valence-electron chi connectivity index (χ4n) is 1.12. The summed E-state index contributed by atoms with van der Waals surface area (Å²) in [7, 11) is 1.42. The molecule has 84 valence electrons. The molecule has 1 aromatic rings. The Hall–Kier alpha value is -1.17. The van der Waals surface area contributed by atoms with Crippen LogP contribution in [-0.2, 0) is 9.53 Å². The van der Waals surface area contributed by atoms with Crippen molar-refractivity contribution in [2.24, 2.45) is 0 Å². The van der Waals surface area contributed by atoms with Crippen molar-refractivity contribution in [2.45, 2.75) is 25.7 Å². The van der Waals surface area contributed by atoms with Crippen LogP contribution in [0.25, 0.3) is 0 Å². The van der Waals surface area contributed by atoms with Gasteiger partial charge in [-0.25, -0.2) is 0 Å². The standard InChI is InChI=1S/C9H15N3O2S/c1-14-8(13)5-3-2-4-6-10-9-12-11-7-15-9/h7H,2-6H2,1H3,(H,10,12). The van der Waals surface area contributed by atoms with E-state index < -0.39 is 0 Å². The van der Waals surface area contributed by atoms with E-state index in [0.717, 1.165) is 30.9 Å². The van der Waals surface area contributed by atoms with Crippen LogP contribution in [0.15, 0.2) is 5.51 Å². The third-order valence-corrected chi connectivity index (χ3v) is 2.57. The maximum atomic E-state index is 10.8. The van der Waals surface area contributed by atoms with Crippen LogP contribution in [0.3, 0.4) is 0 Å². The van der Waals surface area contributed by atoms with Gasteiger partial charge in [-0.15, -0.1) is 10.2 Å². The number of aromatic nitrogens is 2. The monoisotopic (exact) mass is 229 g/mol. The lowest BCUT2D eigenvalue weighted by Crippen LogP contribution is -2.03. The summed E-state index contributed by atoms with van der Waals surface area (Å²) < 4.78 is 4.54. The van der Waals surface area contributed by atoms with E-state index in [1.807, 2.05) is 0 Å². The van der Waals surface area contributed by atoms with Gasteiger partial charge in [0.15, 0.2) is 0 Å². The number of nitrogens with zero attached hydrogens (tertiary/aromatic N) is 2. The number of unbranched alkanes of at least 4 members (excludes halogenated alkanes) is 2. The molecule has 0 saturated carbocycles. The Morgan fingerprint density at radius 3 is 3.07 bits per heavy atom. The minimum absolute atomic E-state index is 0.132. The molecule has 1 heterocycles. The molecule has 0 aliphatic rings. The topological polar surface area (TPSA) is 64.1 Å². The number of anilines is 1. The molecule has 5 nitrogen and oxygen atoms in total. The summed E-state index contributed by atoms with van der Waals surface area (Å²) in [6.45, 7) is 0.871. The molecule has 0 fully saturated rings. The van der Waals surface area contributed by atoms with Crippen LogP contribution in [0.2, 0.25) is 0 Å². The van der Waals surface area contributed by atoms with Gasteiger partial charge in [-0.3, -0.25) is 4.79 Å². The van der Waals surface area contributed by atoms with Crippen molar-refractivity contribution in [3.05, 3.63) is 5.51 Å². The summed E-state index contributed by atoms with van der Waals surface area (Å²) in [5, 5.41) is 11.6. The van der Waals surface area contributed by atoms with E-state index >= 15 is 0 Å². The predicted molar refractivity (Wildman–Crippen MR) is 58.9 cm³/mol. The molecular formula is C9H15N3O2S. The fraction of sp³-hybridized carbons (Fsp3) is 0.667. The van der Waals surface area contributed by atoms with Gasteiger partial charge in [0.25, 0.3) is 0 Å². The molecule has 6 heteroatoms. The van der Waals surface area contributed by atoms with Crippen LogP contribution in [-0.4, -0.2) is 29.8 Å². The number of rotatable bonds is 7. The number of nitrogens with one attached hydrogen (secondary N) is 1. The second-order valence-electron chi connectivity index (χ2n) is 3.06. The number of methoxy groups -OCH3 is 1. The minimum atomic E-state index is -0.132. The van der Waals surface area contributed by atoms with E-state index in [4.69, 9.17) is 0 Å². The van der Waals surface area contributed by atoms with Gasteiger partial charge < -0.3 is 10.1 Å². The highest BCUT2D eigenvalue weighted by Gasteiger charge is 1.99. The highest BCUT2D eigenvalue weighted by molar-refractivity contribution is 7.13. The first kappa shape index (κ1) is 11.9. The number of hydrogen-bond donors (Lipinski definition) is 1. The van der Waals surface area contributed by atoms with Crippen LogP contribution >= 0.6 is 11.3 Å². The largest absolute Gasteiger partial charge is 0.469 e. The molecule has 0 atom stereocenters. The van der Waals surface area contributed by atoms with E-state index in [0.29, 0.717) is 6.42 Å². The van der Waals surface area contributed by atoms with Gasteiger partial charge in [-0.05, 0) is 12.8 Å². The predicted octanol–water partition coefficient (Wildman–Crippen LogP) is 1.68. The summed E-state index contributed by atoms with van der Waals surface area (Å²) in [6, 6.07) is 0. The lowest BCUT2D eigenvalue weighted by molar-refractivity contribution is -0.140. The molecule has 0 radical (unpaired) electrons. The maximum absolute atomic E-state index is 10.8. The molecule has 0 aromatic carbocycles. The third kappa shape index (κ3) is 5.31. The van der Waals surface area contributed by atoms with E-state index in [-0.39, 0.29) is 5.97 Å². The highest BCUT2D eigenvalue weighted by Crippen LogP contribution is 2.08. The number of carbonyl (C=O) groups is 1. The molecule has 0 aliphatic heterocycles. The minimum Gasteiger partial charge on any atom is -0.469 e. The van der Waals surface area contributed by atoms with Gasteiger partial charge in [0.1, 0.15) is 5.51 Å². The molecule has 0 saturated heterocycles. The molecule has 0 amide bonds. The van der Waals surface area contributed by atoms with E-state index in [1.54, 1.807) is 5.51 Å². The summed E-state index contributed by atoms with van der Waals surface area (Å²) >= 11 is 1.49. The van der Waals surface area contributed by atoms with Gasteiger partial charge in [0.2, 0.25) is 5.13 Å². The van der Waals surface area contributed by atoms with Crippen molar-refractivity contribution >= 4 is 22.4 Å². The van der Waals surface area contributed by atoms with Gasteiger partial charge >= 0.3 is 5.97 Å². The molecule has 0 aliphatic carbocycles. The summed E-state index contributed by atoms with van der Waals surface area (Å²) in [4.78, 5) is 10.8. The maximum Gasteiger partial charge on any atom is 0.305 e. The van der Waals surface area contributed by atoms with Gasteiger partial charge in [-0.1, -0.05) is 17.8 Å². The van der Waals surface area contributed by atoms with Crippen LogP contribution in [0.1, 0.15) is 25.7 Å². The Morgan fingerprint density at radius 1 is 1.53 bits per heavy atom. The lowest BCUT2D eigenvalue weighted by atomic mass is 10.2. The molecular weight excluding hydrogens is 214 g/mol. The smallest absolute Gasteiger partial charge is 0.305 e. The van der Waals surface area contributed by atoms with Crippen molar-refractivity contribution in [1.29, 1.82) is 0 Å². The number of esters is 1. The Labute approximate surface area is 92.9 Å². The van der Waals surface area contributed by atoms with E-state index in [1.165, 1.54) is 18.4 Å². The van der Waals surface area contributed by atoms with Crippen molar-refractivity contribution < 1.29 is 9.53 Å². The van der Waals surface area contributed by atoms with Crippen LogP contribution < -0.4 is 5.32 Å². The SMILES string of the molecule is COC(=O)CCCCCNc1nncs1. The molecule has 1 aromatic heterocycles. The van der Waals surface area contributed by atoms with Crippen molar-refractivity contribution in [3.63, 3.8) is 0 Å². The van der Waals surface area contributed by atoms with Gasteiger partial charge in [0, 0.05) is 13.0 Å². The summed E-state index contributed by atoms with van der Waals surface area (Å²) in [5.74, 6) is -0.132. The first-order valence-electron chi connectivity index (χ1n) is 4.90. The van der Waals surface area contributed by atoms with Gasteiger partial charge in [-0.2, -0.15) is 0 Å². The van der Waals surface area contributed by atoms with Crippen LogP contribution in [0.4, 0.5) is 5.13 Å². The summed E-state index contributed by atoms with van der Waals surface area (Å²) in [5.41, 5.74) is 1.69. The van der Waals surface area contributed by atoms with Crippen molar-refractivity contribution in [1.82, 2.24) is 10.2 Å². The highest BCUT2D eigenvalue weighted by atomic mass is 32.1. The Bertz CT molecular complexity index is 277. The molecule has 15 heavy (non-hydrogen) atoms. The van der Waals surface area contributed by atoms with Gasteiger partial charge in [0.05, 0.1) is 7.11 Å². The molecule has 1 N–H and O–H groups in total. The van der Waals surface area contributed by atoms with Crippen molar-refractivity contribution in [2.75, 3.05) is 19.0 Å². The Morgan fingerprint density at radius 2 is 2.40 bits per heavy atom. The van der Waals surface area contributed by atoms with E-state index in [2.05, 4.69) is 20.3 Å². The first-order chi connectivity index (χ1) is 7.33. The first-order valence-corrected chi connectivity index (χ1v) is 5.77. The second kappa shape index (κ2) is 7.17. The normalized spacial score (nSPS) is 9.93. The zero-order valence-electron chi connectivity index (χ0n) is 8.73. The Kier molecular flexibility index (Phi) is 5.69. The molecule has 0 bridgehead atoms. The average molecular weight is 229 g/mol. The zero-order chi connectivity index (χ0) is 10.9. The number of hydrogen-bond acceptors (Lipinski definition) is 6. The molecule has 0 unspecified atom stereocenters. The van der Waals surface area contributed by atoms with Crippen LogP contribution in [0.5, 0.6) is 0 Å². The van der Waals surface area contributed by atoms with E-state index in [9.17, 15) is 4.79 Å². The number of ether oxygens (including phenoxy) is 1. The Balaban J connectivity index is 1.91. The fourth-order valence-corrected chi connectivity index (χ4v) is 1.59. The second-order valence-corrected chi connectivity index (χ2v) is 3.89. The third-order valence-electron chi connectivity index (χ3n) is 1.92. The molecule has 0 spiro atoms. The summed E-state index contributed by atoms with van der Waals surface area (Å²) in [6.07, 6.45) is 3.43. The zero-order valence-corrected chi connectivity index (χ0v) is 9.55. The van der Waals surface area contributed by atoms with Crippen LogP contribution in [0, 0.1) is 0 Å². The quantitative estimate of drug-likeness (QED) is 0.569. The lowest BCUT2D eigenvalue weighted by Gasteiger charge is -2.01. The number of carbonyl (C=O) groups excluding carboxylic acids is 1. The molecule has 1 rings (SSSR count). The average Bonchev–Trinajstić information content (AvgIpc) is 2.75. The van der Waals surface area contributed by atoms with Crippen molar-refractivity contribution in [3.8, 4) is 0 Å².